The molecule has 6 nitrogen and oxygen atoms in total. The van der Waals surface area contributed by atoms with Crippen molar-refractivity contribution in [2.24, 2.45) is 0 Å². The van der Waals surface area contributed by atoms with Gasteiger partial charge in [0.2, 0.25) is 5.91 Å². The van der Waals surface area contributed by atoms with E-state index >= 15 is 0 Å². The number of hydrogen-bond acceptors (Lipinski definition) is 4. The number of carboxylic acids is 1. The molecule has 1 atom stereocenters. The molecule has 2 N–H and O–H groups in total. The largest absolute Gasteiger partial charge is 0.480 e. The lowest BCUT2D eigenvalue weighted by Gasteiger charge is -2.14. The third-order valence-electron chi connectivity index (χ3n) is 10.0. The number of carboxylic acid groups (broad SMARTS) is 1. The van der Waals surface area contributed by atoms with E-state index in [4.69, 9.17) is 9.84 Å². The molecule has 0 bridgehead atoms. The van der Waals surface area contributed by atoms with E-state index in [1.807, 2.05) is 0 Å². The van der Waals surface area contributed by atoms with Crippen LogP contribution in [0, 0.1) is 0 Å². The third-order valence-corrected chi connectivity index (χ3v) is 10.0. The van der Waals surface area contributed by atoms with Crippen LogP contribution in [0.3, 0.4) is 0 Å². The minimum Gasteiger partial charge on any atom is -0.480 e. The molecule has 0 aromatic rings. The van der Waals surface area contributed by atoms with E-state index in [2.05, 4.69) is 55.6 Å². The summed E-state index contributed by atoms with van der Waals surface area (Å²) in [6.07, 6.45) is 53.0. The molecule has 0 fully saturated rings. The first-order valence-electron chi connectivity index (χ1n) is 22.6. The Bertz CT molecular complexity index is 911. The van der Waals surface area contributed by atoms with Gasteiger partial charge in [-0.1, -0.05) is 198 Å². The van der Waals surface area contributed by atoms with Crippen LogP contribution < -0.4 is 5.32 Å². The highest BCUT2D eigenvalue weighted by Crippen LogP contribution is 2.17. The van der Waals surface area contributed by atoms with E-state index in [1.165, 1.54) is 135 Å². The standard InChI is InChI=1S/C47H85NO5/c1-3-5-7-9-11-13-15-16-17-18-19-20-21-22-23-25-27-29-34-38-42-47(52)53-44(39-35-31-28-26-24-14-12-10-8-6-4-2)40-36-32-30-33-37-41-45(49)48-43-46(50)51/h12,14,26,28,35,39,44H,3-11,13,15-25,27,29-34,36-38,40-43H2,1-2H3,(H,48,49)(H,50,51)/b14-12-,28-26-,39-35-. The maximum absolute atomic E-state index is 12.7. The van der Waals surface area contributed by atoms with Gasteiger partial charge in [-0.2, -0.15) is 0 Å². The Hall–Kier alpha value is -2.37. The minimum absolute atomic E-state index is 0.0850. The second-order valence-corrected chi connectivity index (χ2v) is 15.3. The Morgan fingerprint density at radius 1 is 0.509 bits per heavy atom. The van der Waals surface area contributed by atoms with Crippen LogP contribution in [0.15, 0.2) is 36.5 Å². The maximum atomic E-state index is 12.7. The van der Waals surface area contributed by atoms with Gasteiger partial charge in [0.15, 0.2) is 0 Å². The summed E-state index contributed by atoms with van der Waals surface area (Å²) in [4.78, 5) is 35.0. The lowest BCUT2D eigenvalue weighted by molar-refractivity contribution is -0.147. The number of hydrogen-bond donors (Lipinski definition) is 2. The first-order chi connectivity index (χ1) is 26.0. The molecule has 0 aromatic carbocycles. The van der Waals surface area contributed by atoms with E-state index in [0.29, 0.717) is 12.8 Å². The van der Waals surface area contributed by atoms with Gasteiger partial charge >= 0.3 is 11.9 Å². The highest BCUT2D eigenvalue weighted by atomic mass is 16.5. The zero-order valence-electron chi connectivity index (χ0n) is 34.9. The number of ether oxygens (including phenoxy) is 1. The molecule has 0 aliphatic heterocycles. The van der Waals surface area contributed by atoms with E-state index in [1.54, 1.807) is 0 Å². The van der Waals surface area contributed by atoms with Crippen LogP contribution in [0.2, 0.25) is 0 Å². The Morgan fingerprint density at radius 3 is 1.43 bits per heavy atom. The topological polar surface area (TPSA) is 92.7 Å². The minimum atomic E-state index is -1.02. The number of carbonyl (C=O) groups is 3. The number of nitrogens with one attached hydrogen (secondary N) is 1. The van der Waals surface area contributed by atoms with Crippen molar-refractivity contribution in [3.05, 3.63) is 36.5 Å². The average molecular weight is 744 g/mol. The second kappa shape index (κ2) is 42.4. The zero-order chi connectivity index (χ0) is 38.7. The van der Waals surface area contributed by atoms with Crippen molar-refractivity contribution in [1.82, 2.24) is 5.32 Å². The van der Waals surface area contributed by atoms with Gasteiger partial charge in [0.25, 0.3) is 0 Å². The third kappa shape index (κ3) is 42.2. The Kier molecular flexibility index (Phi) is 40.5. The summed E-state index contributed by atoms with van der Waals surface area (Å²) < 4.78 is 5.93. The molecule has 0 rings (SSSR count). The first kappa shape index (κ1) is 50.6. The van der Waals surface area contributed by atoms with Crippen LogP contribution in [0.5, 0.6) is 0 Å². The summed E-state index contributed by atoms with van der Waals surface area (Å²) in [5, 5.41) is 11.1. The molecule has 53 heavy (non-hydrogen) atoms. The van der Waals surface area contributed by atoms with E-state index in [-0.39, 0.29) is 24.5 Å². The number of rotatable bonds is 41. The highest BCUT2D eigenvalue weighted by Gasteiger charge is 2.11. The molecular weight excluding hydrogens is 659 g/mol. The van der Waals surface area contributed by atoms with Crippen molar-refractivity contribution in [2.45, 2.75) is 238 Å². The van der Waals surface area contributed by atoms with Gasteiger partial charge in [-0.3, -0.25) is 14.4 Å². The molecule has 1 amide bonds. The number of aliphatic carboxylic acids is 1. The average Bonchev–Trinajstić information content (AvgIpc) is 3.14. The van der Waals surface area contributed by atoms with Crippen LogP contribution >= 0.6 is 0 Å². The fraction of sp³-hybridized carbons (Fsp3) is 0.809. The summed E-state index contributed by atoms with van der Waals surface area (Å²) in [7, 11) is 0. The van der Waals surface area contributed by atoms with E-state index in [9.17, 15) is 14.4 Å². The van der Waals surface area contributed by atoms with Crippen molar-refractivity contribution in [3.8, 4) is 0 Å². The van der Waals surface area contributed by atoms with Crippen molar-refractivity contribution < 1.29 is 24.2 Å². The number of allylic oxidation sites excluding steroid dienone is 5. The van der Waals surface area contributed by atoms with E-state index in [0.717, 1.165) is 70.6 Å². The first-order valence-corrected chi connectivity index (χ1v) is 22.6. The fourth-order valence-electron chi connectivity index (χ4n) is 6.68. The SMILES string of the molecule is CCCCC/C=C\C/C=C\C/C=C\C(CCCCCCCC(=O)NCC(=O)O)OC(=O)CCCCCCCCCCCCCCCCCCCCCC. The normalized spacial score (nSPS) is 12.3. The number of carbonyl (C=O) groups excluding carboxylic acids is 2. The highest BCUT2D eigenvalue weighted by molar-refractivity contribution is 5.80. The van der Waals surface area contributed by atoms with Crippen LogP contribution in [0.25, 0.3) is 0 Å². The fourth-order valence-corrected chi connectivity index (χ4v) is 6.68. The molecule has 0 saturated carbocycles. The Labute approximate surface area is 327 Å². The predicted octanol–water partition coefficient (Wildman–Crippen LogP) is 14.1. The molecule has 0 saturated heterocycles. The van der Waals surface area contributed by atoms with Gasteiger partial charge in [0, 0.05) is 12.8 Å². The van der Waals surface area contributed by atoms with Gasteiger partial charge in [-0.25, -0.2) is 0 Å². The molecule has 0 heterocycles. The monoisotopic (exact) mass is 744 g/mol. The summed E-state index contributed by atoms with van der Waals surface area (Å²) >= 11 is 0. The number of unbranched alkanes of at least 4 members (excludes halogenated alkanes) is 26. The molecule has 6 heteroatoms. The van der Waals surface area contributed by atoms with Crippen LogP contribution in [0.4, 0.5) is 0 Å². The summed E-state index contributed by atoms with van der Waals surface area (Å²) in [5.41, 5.74) is 0. The van der Waals surface area contributed by atoms with E-state index < -0.39 is 5.97 Å². The molecule has 1 unspecified atom stereocenters. The van der Waals surface area contributed by atoms with Crippen LogP contribution in [-0.4, -0.2) is 35.6 Å². The quantitative estimate of drug-likeness (QED) is 0.0369. The number of esters is 1. The molecule has 0 aromatic heterocycles. The van der Waals surface area contributed by atoms with Gasteiger partial charge in [0.05, 0.1) is 0 Å². The van der Waals surface area contributed by atoms with Crippen molar-refractivity contribution >= 4 is 17.8 Å². The summed E-state index contributed by atoms with van der Waals surface area (Å²) in [6, 6.07) is 0. The zero-order valence-corrected chi connectivity index (χ0v) is 34.9. The lowest BCUT2D eigenvalue weighted by atomic mass is 10.0. The van der Waals surface area contributed by atoms with Gasteiger partial charge in [0.1, 0.15) is 12.6 Å². The molecule has 0 spiro atoms. The lowest BCUT2D eigenvalue weighted by Crippen LogP contribution is -2.28. The molecular formula is C47H85NO5. The van der Waals surface area contributed by atoms with Crippen molar-refractivity contribution in [1.29, 1.82) is 0 Å². The Balaban J connectivity index is 4.12. The van der Waals surface area contributed by atoms with Gasteiger partial charge in [-0.15, -0.1) is 0 Å². The predicted molar refractivity (Wildman–Crippen MR) is 226 cm³/mol. The Morgan fingerprint density at radius 2 is 0.925 bits per heavy atom. The second-order valence-electron chi connectivity index (χ2n) is 15.3. The van der Waals surface area contributed by atoms with Crippen LogP contribution in [0.1, 0.15) is 232 Å². The molecule has 0 aliphatic carbocycles. The molecule has 0 aliphatic rings. The van der Waals surface area contributed by atoms with Crippen molar-refractivity contribution in [2.75, 3.05) is 6.54 Å². The summed E-state index contributed by atoms with van der Waals surface area (Å²) in [5.74, 6) is -1.32. The van der Waals surface area contributed by atoms with Crippen molar-refractivity contribution in [3.63, 3.8) is 0 Å². The number of amides is 1. The van der Waals surface area contributed by atoms with Gasteiger partial charge in [-0.05, 0) is 57.4 Å². The van der Waals surface area contributed by atoms with Crippen LogP contribution in [-0.2, 0) is 19.1 Å². The maximum Gasteiger partial charge on any atom is 0.322 e. The molecule has 308 valence electrons. The smallest absolute Gasteiger partial charge is 0.322 e. The van der Waals surface area contributed by atoms with Gasteiger partial charge < -0.3 is 15.2 Å². The molecule has 0 radical (unpaired) electrons. The summed E-state index contributed by atoms with van der Waals surface area (Å²) in [6.45, 7) is 4.20.